The zero-order valence-corrected chi connectivity index (χ0v) is 33.6. The molecule has 1 unspecified atom stereocenters. The first-order chi connectivity index (χ1) is 27.6. The summed E-state index contributed by atoms with van der Waals surface area (Å²) >= 11 is 0. The number of rotatable bonds is 14. The van der Waals surface area contributed by atoms with Crippen molar-refractivity contribution in [1.29, 1.82) is 0 Å². The largest absolute Gasteiger partial charge is 0.508 e. The summed E-state index contributed by atoms with van der Waals surface area (Å²) in [7, 11) is 0. The molecule has 0 radical (unpaired) electrons. The second-order valence-corrected chi connectivity index (χ2v) is 15.2. The highest BCUT2D eigenvalue weighted by Gasteiger charge is 2.36. The van der Waals surface area contributed by atoms with Crippen LogP contribution in [0.3, 0.4) is 0 Å². The Morgan fingerprint density at radius 1 is 0.793 bits per heavy atom. The van der Waals surface area contributed by atoms with Gasteiger partial charge in [0.15, 0.2) is 6.10 Å². The number of nitrogens with one attached hydrogen (secondary N) is 6. The van der Waals surface area contributed by atoms with Crippen LogP contribution >= 0.6 is 0 Å². The quantitative estimate of drug-likeness (QED) is 0.118. The van der Waals surface area contributed by atoms with E-state index in [0.717, 1.165) is 0 Å². The molecule has 15 heteroatoms. The molecule has 3 aromatic rings. The number of hydrogen-bond acceptors (Lipinski definition) is 9. The van der Waals surface area contributed by atoms with Gasteiger partial charge in [-0.05, 0) is 65.6 Å². The highest BCUT2D eigenvalue weighted by molar-refractivity contribution is 5.94. The van der Waals surface area contributed by atoms with Gasteiger partial charge in [-0.15, -0.1) is 0 Å². The Labute approximate surface area is 339 Å². The Bertz CT molecular complexity index is 1850. The lowest BCUT2D eigenvalue weighted by atomic mass is 9.97. The van der Waals surface area contributed by atoms with E-state index >= 15 is 0 Å². The summed E-state index contributed by atoms with van der Waals surface area (Å²) < 4.78 is 5.78. The van der Waals surface area contributed by atoms with Gasteiger partial charge >= 0.3 is 0 Å². The first kappa shape index (κ1) is 44.8. The third-order valence-electron chi connectivity index (χ3n) is 9.73. The number of fused-ring (bicyclic) bond motifs is 12. The number of aliphatic hydroxyl groups excluding tert-OH is 1. The van der Waals surface area contributed by atoms with Gasteiger partial charge in [-0.1, -0.05) is 82.3 Å². The molecule has 312 valence electrons. The van der Waals surface area contributed by atoms with Crippen molar-refractivity contribution in [3.05, 3.63) is 95.6 Å². The Kier molecular flexibility index (Phi) is 16.6. The van der Waals surface area contributed by atoms with Gasteiger partial charge in [0.05, 0.1) is 12.6 Å². The summed E-state index contributed by atoms with van der Waals surface area (Å²) in [5, 5.41) is 37.7. The molecule has 8 N–H and O–H groups in total. The molecule has 3 aromatic carbocycles. The van der Waals surface area contributed by atoms with Crippen molar-refractivity contribution in [1.82, 2.24) is 31.9 Å². The summed E-state index contributed by atoms with van der Waals surface area (Å²) in [5.74, 6) is -3.90. The van der Waals surface area contributed by atoms with Crippen LogP contribution in [0.15, 0.2) is 78.9 Å². The van der Waals surface area contributed by atoms with Gasteiger partial charge in [-0.3, -0.25) is 28.8 Å². The number of ether oxygens (including phenoxy) is 1. The number of phenols is 1. The first-order valence-corrected chi connectivity index (χ1v) is 19.6. The third kappa shape index (κ3) is 13.6. The van der Waals surface area contributed by atoms with Gasteiger partial charge in [-0.2, -0.15) is 0 Å². The maximum Gasteiger partial charge on any atom is 0.251 e. The van der Waals surface area contributed by atoms with E-state index in [0.29, 0.717) is 42.0 Å². The molecule has 2 aliphatic heterocycles. The van der Waals surface area contributed by atoms with Crippen molar-refractivity contribution in [2.45, 2.75) is 96.6 Å². The first-order valence-electron chi connectivity index (χ1n) is 19.6. The molecular weight excluding hydrogens is 745 g/mol. The van der Waals surface area contributed by atoms with Crippen LogP contribution in [-0.4, -0.2) is 95.1 Å². The molecule has 2 heterocycles. The molecule has 0 saturated carbocycles. The fraction of sp³-hybridized carbons (Fsp3) is 0.442. The minimum Gasteiger partial charge on any atom is -0.508 e. The highest BCUT2D eigenvalue weighted by Crippen LogP contribution is 2.17. The molecule has 6 amide bonds. The SMILES string of the molecule is CC(=O)N[C@@H](Cc1ccc(O)cc1)C(=O)N[C@H](C(=O)N[C@@H](Cc1ccccc1)C(O)C(=O)N[C@H]1Cc2ccc(cc2)OCCCNC(=O)[C@H](C(C)C)NC1=O)C(C)C. The number of phenolic OH excluding ortho intramolecular Hbond substituents is 1. The zero-order valence-electron chi connectivity index (χ0n) is 33.6. The van der Waals surface area contributed by atoms with E-state index in [-0.39, 0.29) is 36.8 Å². The topological polar surface area (TPSA) is 224 Å². The lowest BCUT2D eigenvalue weighted by molar-refractivity contribution is -0.137. The number of aromatic hydroxyl groups is 1. The van der Waals surface area contributed by atoms with Crippen molar-refractivity contribution in [2.75, 3.05) is 13.2 Å². The van der Waals surface area contributed by atoms with Crippen LogP contribution in [0, 0.1) is 11.8 Å². The Hall–Kier alpha value is -5.96. The van der Waals surface area contributed by atoms with Crippen LogP contribution in [0.25, 0.3) is 0 Å². The van der Waals surface area contributed by atoms with E-state index in [1.54, 1.807) is 94.4 Å². The Morgan fingerprint density at radius 2 is 1.45 bits per heavy atom. The van der Waals surface area contributed by atoms with E-state index in [2.05, 4.69) is 31.9 Å². The fourth-order valence-electron chi connectivity index (χ4n) is 6.47. The predicted octanol–water partition coefficient (Wildman–Crippen LogP) is 1.44. The van der Waals surface area contributed by atoms with E-state index in [4.69, 9.17) is 4.74 Å². The summed E-state index contributed by atoms with van der Waals surface area (Å²) in [4.78, 5) is 80.7. The van der Waals surface area contributed by atoms with Crippen molar-refractivity contribution < 1.29 is 43.7 Å². The summed E-state index contributed by atoms with van der Waals surface area (Å²) in [5.41, 5.74) is 2.01. The van der Waals surface area contributed by atoms with Crippen molar-refractivity contribution in [3.8, 4) is 11.5 Å². The second kappa shape index (κ2) is 21.5. The molecule has 0 aliphatic carbocycles. The Balaban J connectivity index is 1.58. The number of carbonyl (C=O) groups is 6. The van der Waals surface area contributed by atoms with E-state index in [1.807, 2.05) is 0 Å². The molecule has 2 bridgehead atoms. The van der Waals surface area contributed by atoms with Crippen LogP contribution in [0.4, 0.5) is 0 Å². The maximum atomic E-state index is 14.0. The molecular formula is C43H56N6O9. The van der Waals surface area contributed by atoms with Crippen LogP contribution in [0.1, 0.15) is 57.7 Å². The number of amides is 6. The normalized spacial score (nSPS) is 18.2. The fourth-order valence-corrected chi connectivity index (χ4v) is 6.47. The average Bonchev–Trinajstić information content (AvgIpc) is 3.19. The predicted molar refractivity (Wildman–Crippen MR) is 216 cm³/mol. The van der Waals surface area contributed by atoms with Crippen LogP contribution in [0.2, 0.25) is 0 Å². The molecule has 6 atom stereocenters. The van der Waals surface area contributed by atoms with Crippen molar-refractivity contribution >= 4 is 35.4 Å². The highest BCUT2D eigenvalue weighted by atomic mass is 16.5. The van der Waals surface area contributed by atoms with Gasteiger partial charge in [0.2, 0.25) is 29.5 Å². The van der Waals surface area contributed by atoms with Crippen LogP contribution in [0.5, 0.6) is 11.5 Å². The molecule has 0 aromatic heterocycles. The molecule has 0 saturated heterocycles. The zero-order chi connectivity index (χ0) is 42.4. The van der Waals surface area contributed by atoms with Crippen molar-refractivity contribution in [3.63, 3.8) is 0 Å². The lowest BCUT2D eigenvalue weighted by Crippen LogP contribution is -2.61. The molecule has 0 spiro atoms. The van der Waals surface area contributed by atoms with E-state index in [9.17, 15) is 39.0 Å². The van der Waals surface area contributed by atoms with E-state index in [1.165, 1.54) is 19.1 Å². The minimum absolute atomic E-state index is 0.00319. The summed E-state index contributed by atoms with van der Waals surface area (Å²) in [6, 6.07) is 16.5. The van der Waals surface area contributed by atoms with E-state index < -0.39 is 71.8 Å². The van der Waals surface area contributed by atoms with Gasteiger partial charge in [-0.25, -0.2) is 0 Å². The standard InChI is InChI=1S/C43H56N6O9/c1-25(2)36-41(55)44-20-9-21-58-32-18-14-30(15-19-32)24-35(40(54)48-36)47-43(57)38(52)33(22-28-10-7-6-8-11-28)46-42(56)37(26(3)4)49-39(53)34(45-27(5)50)23-29-12-16-31(51)17-13-29/h6-8,10-19,25-26,33-38,51-52H,9,20-24H2,1-5H3,(H,44,55)(H,45,50)(H,46,56)(H,47,57)(H,48,54)(H,49,53)/t33-,34-,35-,36-,37-,38?/m0/s1. The Morgan fingerprint density at radius 3 is 2.07 bits per heavy atom. The second-order valence-electron chi connectivity index (χ2n) is 15.2. The van der Waals surface area contributed by atoms with Crippen molar-refractivity contribution in [2.24, 2.45) is 11.8 Å². The van der Waals surface area contributed by atoms with Gasteiger partial charge in [0, 0.05) is 26.3 Å². The number of benzene rings is 3. The molecule has 0 fully saturated rings. The lowest BCUT2D eigenvalue weighted by Gasteiger charge is -2.30. The third-order valence-corrected chi connectivity index (χ3v) is 9.73. The summed E-state index contributed by atoms with van der Waals surface area (Å²) in [6.45, 7) is 8.97. The number of hydrogen-bond donors (Lipinski definition) is 8. The summed E-state index contributed by atoms with van der Waals surface area (Å²) in [6.07, 6.45) is -1.24. The average molecular weight is 801 g/mol. The molecule has 58 heavy (non-hydrogen) atoms. The smallest absolute Gasteiger partial charge is 0.251 e. The molecule has 15 nitrogen and oxygen atoms in total. The van der Waals surface area contributed by atoms with Crippen LogP contribution < -0.4 is 36.6 Å². The van der Waals surface area contributed by atoms with Gasteiger partial charge < -0.3 is 46.9 Å². The monoisotopic (exact) mass is 800 g/mol. The number of carbonyl (C=O) groups excluding carboxylic acids is 6. The number of aliphatic hydroxyl groups is 1. The molecule has 5 rings (SSSR count). The molecule has 2 aliphatic rings. The van der Waals surface area contributed by atoms with Crippen LogP contribution in [-0.2, 0) is 48.0 Å². The van der Waals surface area contributed by atoms with Gasteiger partial charge in [0.1, 0.15) is 35.7 Å². The van der Waals surface area contributed by atoms with Gasteiger partial charge in [0.25, 0.3) is 5.91 Å². The minimum atomic E-state index is -1.88. The maximum absolute atomic E-state index is 14.0.